The predicted molar refractivity (Wildman–Crippen MR) is 98.9 cm³/mol. The molecule has 1 aromatic heterocycles. The summed E-state index contributed by atoms with van der Waals surface area (Å²) in [6.07, 6.45) is 2.39. The van der Waals surface area contributed by atoms with Gasteiger partial charge in [0.2, 0.25) is 0 Å². The molecule has 7 heteroatoms. The smallest absolute Gasteiger partial charge is 0.338 e. The molecule has 0 radical (unpaired) electrons. The van der Waals surface area contributed by atoms with E-state index in [9.17, 15) is 9.59 Å². The van der Waals surface area contributed by atoms with Crippen LogP contribution in [0, 0.1) is 0 Å². The number of furan rings is 1. The maximum atomic E-state index is 12.2. The maximum absolute atomic E-state index is 12.2. The average Bonchev–Trinajstić information content (AvgIpc) is 3.20. The van der Waals surface area contributed by atoms with Crippen molar-refractivity contribution in [3.05, 3.63) is 47.9 Å². The molecule has 1 unspecified atom stereocenters. The molecule has 2 rings (SSSR count). The average molecular weight is 375 g/mol. The van der Waals surface area contributed by atoms with E-state index in [1.54, 1.807) is 37.3 Å². The Morgan fingerprint density at radius 2 is 1.96 bits per heavy atom. The second kappa shape index (κ2) is 10.3. The van der Waals surface area contributed by atoms with Gasteiger partial charge in [-0.3, -0.25) is 4.79 Å². The zero-order chi connectivity index (χ0) is 19.6. The molecular formula is C20H25NO6. The lowest BCUT2D eigenvalue weighted by Crippen LogP contribution is -2.31. The van der Waals surface area contributed by atoms with Crippen LogP contribution in [0.1, 0.15) is 49.4 Å². The van der Waals surface area contributed by atoms with Crippen LogP contribution >= 0.6 is 0 Å². The third-order valence-electron chi connectivity index (χ3n) is 3.62. The first kappa shape index (κ1) is 20.4. The lowest BCUT2D eigenvalue weighted by molar-refractivity contribution is -0.125. The van der Waals surface area contributed by atoms with E-state index in [0.29, 0.717) is 30.5 Å². The summed E-state index contributed by atoms with van der Waals surface area (Å²) in [5, 5.41) is 2.70. The molecule has 0 aliphatic carbocycles. The molecule has 0 spiro atoms. The number of nitrogens with one attached hydrogen (secondary N) is 1. The Labute approximate surface area is 158 Å². The van der Waals surface area contributed by atoms with E-state index in [-0.39, 0.29) is 18.2 Å². The molecule has 0 fully saturated rings. The van der Waals surface area contributed by atoms with Crippen molar-refractivity contribution in [2.24, 2.45) is 0 Å². The first-order valence-corrected chi connectivity index (χ1v) is 8.94. The van der Waals surface area contributed by atoms with Crippen molar-refractivity contribution in [2.45, 2.75) is 33.2 Å². The van der Waals surface area contributed by atoms with Crippen molar-refractivity contribution < 1.29 is 28.2 Å². The van der Waals surface area contributed by atoms with E-state index in [2.05, 4.69) is 5.32 Å². The Balaban J connectivity index is 1.92. The minimum Gasteiger partial charge on any atom is -0.490 e. The van der Waals surface area contributed by atoms with Crippen molar-refractivity contribution >= 4 is 11.9 Å². The molecule has 0 aliphatic rings. The molecular weight excluding hydrogens is 350 g/mol. The van der Waals surface area contributed by atoms with Gasteiger partial charge in [0.25, 0.3) is 5.91 Å². The number of amides is 1. The van der Waals surface area contributed by atoms with Crippen LogP contribution in [-0.4, -0.2) is 31.7 Å². The first-order valence-electron chi connectivity index (χ1n) is 8.94. The van der Waals surface area contributed by atoms with Gasteiger partial charge in [-0.05, 0) is 50.6 Å². The highest BCUT2D eigenvalue weighted by Crippen LogP contribution is 2.29. The minimum atomic E-state index is -0.612. The Bertz CT molecular complexity index is 741. The number of carbonyl (C=O) groups excluding carboxylic acids is 2. The predicted octanol–water partition coefficient (Wildman–Crippen LogP) is 3.50. The van der Waals surface area contributed by atoms with Gasteiger partial charge in [0.05, 0.1) is 31.1 Å². The molecule has 0 bridgehead atoms. The third kappa shape index (κ3) is 6.06. The highest BCUT2D eigenvalue weighted by atomic mass is 16.5. The Morgan fingerprint density at radius 3 is 2.63 bits per heavy atom. The highest BCUT2D eigenvalue weighted by Gasteiger charge is 2.16. The summed E-state index contributed by atoms with van der Waals surface area (Å²) in [6.45, 7) is 6.23. The second-order valence-corrected chi connectivity index (χ2v) is 5.82. The third-order valence-corrected chi connectivity index (χ3v) is 3.62. The number of hydrogen-bond acceptors (Lipinski definition) is 6. The van der Waals surface area contributed by atoms with Crippen molar-refractivity contribution in [3.8, 4) is 11.5 Å². The van der Waals surface area contributed by atoms with Crippen LogP contribution in [0.2, 0.25) is 0 Å². The van der Waals surface area contributed by atoms with Gasteiger partial charge in [0, 0.05) is 0 Å². The van der Waals surface area contributed by atoms with Crippen molar-refractivity contribution in [1.29, 1.82) is 0 Å². The quantitative estimate of drug-likeness (QED) is 0.640. The highest BCUT2D eigenvalue weighted by molar-refractivity contribution is 5.92. The van der Waals surface area contributed by atoms with E-state index in [1.807, 2.05) is 13.8 Å². The summed E-state index contributed by atoms with van der Waals surface area (Å²) in [4.78, 5) is 24.2. The second-order valence-electron chi connectivity index (χ2n) is 5.82. The fraction of sp³-hybridized carbons (Fsp3) is 0.400. The lowest BCUT2D eigenvalue weighted by atomic mass is 10.2. The molecule has 0 saturated heterocycles. The largest absolute Gasteiger partial charge is 0.490 e. The van der Waals surface area contributed by atoms with Gasteiger partial charge in [-0.1, -0.05) is 6.92 Å². The van der Waals surface area contributed by atoms with Crippen LogP contribution in [0.4, 0.5) is 0 Å². The van der Waals surface area contributed by atoms with Crippen LogP contribution < -0.4 is 14.8 Å². The summed E-state index contributed by atoms with van der Waals surface area (Å²) in [6, 6.07) is 7.98. The normalized spacial score (nSPS) is 11.5. The summed E-state index contributed by atoms with van der Waals surface area (Å²) < 4.78 is 21.4. The van der Waals surface area contributed by atoms with Crippen LogP contribution in [-0.2, 0) is 9.53 Å². The topological polar surface area (TPSA) is 87.0 Å². The van der Waals surface area contributed by atoms with Gasteiger partial charge in [0.15, 0.2) is 18.1 Å². The summed E-state index contributed by atoms with van der Waals surface area (Å²) in [7, 11) is 0. The molecule has 1 N–H and O–H groups in total. The molecule has 1 amide bonds. The number of carbonyl (C=O) groups is 2. The number of ether oxygens (including phenoxy) is 3. The Hall–Kier alpha value is -2.96. The standard InChI is InChI=1S/C20H25NO6/c1-4-10-25-17-9-8-15(12-18(17)24-5-2)20(23)27-13-19(22)21-14(3)16-7-6-11-26-16/h6-9,11-12,14H,4-5,10,13H2,1-3H3,(H,21,22). The molecule has 2 aromatic rings. The molecule has 146 valence electrons. The summed E-state index contributed by atoms with van der Waals surface area (Å²) in [5.74, 6) is 0.634. The van der Waals surface area contributed by atoms with Crippen molar-refractivity contribution in [3.63, 3.8) is 0 Å². The van der Waals surface area contributed by atoms with E-state index >= 15 is 0 Å². The molecule has 0 saturated carbocycles. The molecule has 1 atom stereocenters. The van der Waals surface area contributed by atoms with E-state index in [4.69, 9.17) is 18.6 Å². The fourth-order valence-corrected chi connectivity index (χ4v) is 2.34. The van der Waals surface area contributed by atoms with Gasteiger partial charge < -0.3 is 23.9 Å². The van der Waals surface area contributed by atoms with Crippen LogP contribution in [0.5, 0.6) is 11.5 Å². The zero-order valence-corrected chi connectivity index (χ0v) is 15.8. The van der Waals surface area contributed by atoms with Gasteiger partial charge in [-0.2, -0.15) is 0 Å². The van der Waals surface area contributed by atoms with E-state index in [0.717, 1.165) is 6.42 Å². The zero-order valence-electron chi connectivity index (χ0n) is 15.8. The van der Waals surface area contributed by atoms with Crippen LogP contribution in [0.15, 0.2) is 41.0 Å². The summed E-state index contributed by atoms with van der Waals surface area (Å²) >= 11 is 0. The van der Waals surface area contributed by atoms with E-state index in [1.165, 1.54) is 6.26 Å². The molecule has 27 heavy (non-hydrogen) atoms. The molecule has 1 heterocycles. The monoisotopic (exact) mass is 375 g/mol. The van der Waals surface area contributed by atoms with Gasteiger partial charge in [0.1, 0.15) is 5.76 Å². The fourth-order valence-electron chi connectivity index (χ4n) is 2.34. The number of esters is 1. The lowest BCUT2D eigenvalue weighted by Gasteiger charge is -2.13. The van der Waals surface area contributed by atoms with Crippen LogP contribution in [0.3, 0.4) is 0 Å². The van der Waals surface area contributed by atoms with Crippen molar-refractivity contribution in [2.75, 3.05) is 19.8 Å². The van der Waals surface area contributed by atoms with Gasteiger partial charge >= 0.3 is 5.97 Å². The van der Waals surface area contributed by atoms with E-state index < -0.39 is 11.9 Å². The molecule has 7 nitrogen and oxygen atoms in total. The first-order chi connectivity index (χ1) is 13.0. The maximum Gasteiger partial charge on any atom is 0.338 e. The van der Waals surface area contributed by atoms with Crippen molar-refractivity contribution in [1.82, 2.24) is 5.32 Å². The Morgan fingerprint density at radius 1 is 1.15 bits per heavy atom. The SMILES string of the molecule is CCCOc1ccc(C(=O)OCC(=O)NC(C)c2ccco2)cc1OCC. The summed E-state index contributed by atoms with van der Waals surface area (Å²) in [5.41, 5.74) is 0.286. The molecule has 1 aromatic carbocycles. The minimum absolute atomic E-state index is 0.286. The molecule has 0 aliphatic heterocycles. The van der Waals surface area contributed by atoms with Crippen LogP contribution in [0.25, 0.3) is 0 Å². The Kier molecular flexibility index (Phi) is 7.73. The number of hydrogen-bond donors (Lipinski definition) is 1. The van der Waals surface area contributed by atoms with Gasteiger partial charge in [-0.25, -0.2) is 4.79 Å². The van der Waals surface area contributed by atoms with Gasteiger partial charge in [-0.15, -0.1) is 0 Å². The number of rotatable bonds is 10. The number of benzene rings is 1.